The van der Waals surface area contributed by atoms with E-state index in [1.165, 1.54) is 0 Å². The smallest absolute Gasteiger partial charge is 0.141 e. The molecule has 0 amide bonds. The molecule has 1 aliphatic carbocycles. The highest BCUT2D eigenvalue weighted by Crippen LogP contribution is 2.40. The third-order valence-electron chi connectivity index (χ3n) is 2.98. The molecule has 0 atom stereocenters. The lowest BCUT2D eigenvalue weighted by atomic mass is 10.0. The number of halogens is 1. The molecular formula is C12H16ClNO2. The number of methoxy groups -OCH3 is 2. The lowest BCUT2D eigenvalue weighted by molar-refractivity contribution is 0.393. The van der Waals surface area contributed by atoms with Crippen molar-refractivity contribution < 1.29 is 9.47 Å². The summed E-state index contributed by atoms with van der Waals surface area (Å²) in [6.07, 6.45) is 2.89. The quantitative estimate of drug-likeness (QED) is 0.881. The second kappa shape index (κ2) is 4.15. The van der Waals surface area contributed by atoms with Gasteiger partial charge in [0.2, 0.25) is 0 Å². The van der Waals surface area contributed by atoms with Crippen molar-refractivity contribution >= 4 is 11.6 Å². The predicted octanol–water partition coefficient (Wildman–Crippen LogP) is 2.39. The van der Waals surface area contributed by atoms with Crippen LogP contribution in [0.4, 0.5) is 0 Å². The van der Waals surface area contributed by atoms with Gasteiger partial charge in [0.25, 0.3) is 0 Å². The molecule has 0 saturated heterocycles. The van der Waals surface area contributed by atoms with Gasteiger partial charge in [0, 0.05) is 11.6 Å². The molecule has 0 aliphatic heterocycles. The number of benzene rings is 1. The third kappa shape index (κ3) is 2.25. The Hall–Kier alpha value is -0.930. The predicted molar refractivity (Wildman–Crippen MR) is 64.4 cm³/mol. The first-order valence-electron chi connectivity index (χ1n) is 5.27. The molecule has 16 heavy (non-hydrogen) atoms. The minimum Gasteiger partial charge on any atom is -0.497 e. The number of nitrogens with two attached hydrogens (primary N) is 1. The minimum atomic E-state index is -0.0684. The van der Waals surface area contributed by atoms with Crippen molar-refractivity contribution in [2.24, 2.45) is 5.73 Å². The summed E-state index contributed by atoms with van der Waals surface area (Å²) in [5.41, 5.74) is 7.02. The molecule has 1 aliphatic rings. The highest BCUT2D eigenvalue weighted by molar-refractivity contribution is 6.32. The van der Waals surface area contributed by atoms with Crippen molar-refractivity contribution in [3.05, 3.63) is 22.7 Å². The Labute approximate surface area is 100 Å². The fraction of sp³-hybridized carbons (Fsp3) is 0.500. The van der Waals surface area contributed by atoms with Crippen LogP contribution in [0.25, 0.3) is 0 Å². The van der Waals surface area contributed by atoms with Crippen LogP contribution in [-0.2, 0) is 6.42 Å². The van der Waals surface area contributed by atoms with Crippen molar-refractivity contribution in [2.75, 3.05) is 14.2 Å². The van der Waals surface area contributed by atoms with E-state index in [0.717, 1.165) is 30.6 Å². The first kappa shape index (κ1) is 11.6. The molecule has 0 bridgehead atoms. The van der Waals surface area contributed by atoms with E-state index in [2.05, 4.69) is 0 Å². The van der Waals surface area contributed by atoms with Gasteiger partial charge in [-0.05, 0) is 30.9 Å². The van der Waals surface area contributed by atoms with Gasteiger partial charge in [-0.3, -0.25) is 0 Å². The van der Waals surface area contributed by atoms with Crippen molar-refractivity contribution in [3.8, 4) is 11.5 Å². The summed E-state index contributed by atoms with van der Waals surface area (Å²) in [4.78, 5) is 0. The average molecular weight is 242 g/mol. The van der Waals surface area contributed by atoms with E-state index in [4.69, 9.17) is 26.8 Å². The third-order valence-corrected chi connectivity index (χ3v) is 3.41. The van der Waals surface area contributed by atoms with Crippen LogP contribution < -0.4 is 15.2 Å². The molecule has 1 saturated carbocycles. The Bertz CT molecular complexity index is 402. The molecule has 4 heteroatoms. The number of hydrogen-bond donors (Lipinski definition) is 1. The fourth-order valence-corrected chi connectivity index (χ4v) is 1.99. The first-order chi connectivity index (χ1) is 7.58. The fourth-order valence-electron chi connectivity index (χ4n) is 1.74. The van der Waals surface area contributed by atoms with Gasteiger partial charge in [-0.1, -0.05) is 11.6 Å². The molecule has 0 unspecified atom stereocenters. The van der Waals surface area contributed by atoms with Gasteiger partial charge in [0.15, 0.2) is 0 Å². The first-order valence-corrected chi connectivity index (χ1v) is 5.65. The van der Waals surface area contributed by atoms with E-state index in [1.807, 2.05) is 6.07 Å². The van der Waals surface area contributed by atoms with Gasteiger partial charge < -0.3 is 15.2 Å². The highest BCUT2D eigenvalue weighted by atomic mass is 35.5. The van der Waals surface area contributed by atoms with Gasteiger partial charge in [-0.15, -0.1) is 0 Å². The van der Waals surface area contributed by atoms with Crippen LogP contribution in [0.5, 0.6) is 11.5 Å². The molecule has 3 nitrogen and oxygen atoms in total. The van der Waals surface area contributed by atoms with Crippen LogP contribution in [0, 0.1) is 0 Å². The van der Waals surface area contributed by atoms with Crippen LogP contribution in [-0.4, -0.2) is 19.8 Å². The summed E-state index contributed by atoms with van der Waals surface area (Å²) in [7, 11) is 3.22. The van der Waals surface area contributed by atoms with Gasteiger partial charge in [0.1, 0.15) is 11.5 Å². The molecule has 1 fully saturated rings. The zero-order valence-corrected chi connectivity index (χ0v) is 10.3. The van der Waals surface area contributed by atoms with Crippen LogP contribution in [0.1, 0.15) is 18.4 Å². The topological polar surface area (TPSA) is 44.5 Å². The number of rotatable bonds is 4. The normalized spacial score (nSPS) is 17.0. The molecule has 88 valence electrons. The zero-order valence-electron chi connectivity index (χ0n) is 9.55. The van der Waals surface area contributed by atoms with Gasteiger partial charge in [-0.2, -0.15) is 0 Å². The molecule has 0 spiro atoms. The Balaban J connectivity index is 2.34. The molecule has 2 rings (SSSR count). The molecule has 0 heterocycles. The van der Waals surface area contributed by atoms with Crippen LogP contribution in [0.3, 0.4) is 0 Å². The van der Waals surface area contributed by atoms with Crippen molar-refractivity contribution in [1.29, 1.82) is 0 Å². The Morgan fingerprint density at radius 3 is 2.50 bits per heavy atom. The maximum Gasteiger partial charge on any atom is 0.141 e. The van der Waals surface area contributed by atoms with E-state index >= 15 is 0 Å². The number of hydrogen-bond acceptors (Lipinski definition) is 3. The standard InChI is InChI=1S/C12H16ClNO2/c1-15-9-5-8(7-12(14)3-4-12)11(13)10(6-9)16-2/h5-6H,3-4,7,14H2,1-2H3. The molecular weight excluding hydrogens is 226 g/mol. The summed E-state index contributed by atoms with van der Waals surface area (Å²) in [5, 5.41) is 0.639. The van der Waals surface area contributed by atoms with Gasteiger partial charge >= 0.3 is 0 Å². The summed E-state index contributed by atoms with van der Waals surface area (Å²) in [5.74, 6) is 1.39. The maximum atomic E-state index is 6.24. The van der Waals surface area contributed by atoms with E-state index in [1.54, 1.807) is 20.3 Å². The molecule has 1 aromatic carbocycles. The second-order valence-corrected chi connectivity index (χ2v) is 4.72. The molecule has 2 N–H and O–H groups in total. The van der Waals surface area contributed by atoms with Crippen LogP contribution in [0.2, 0.25) is 5.02 Å². The molecule has 1 aromatic rings. The Kier molecular flexibility index (Phi) is 3.00. The average Bonchev–Trinajstić information content (AvgIpc) is 2.99. The second-order valence-electron chi connectivity index (χ2n) is 4.34. The van der Waals surface area contributed by atoms with E-state index in [0.29, 0.717) is 10.8 Å². The highest BCUT2D eigenvalue weighted by Gasteiger charge is 2.38. The SMILES string of the molecule is COc1cc(CC2(N)CC2)c(Cl)c(OC)c1. The number of ether oxygens (including phenoxy) is 2. The molecule has 0 radical (unpaired) electrons. The monoisotopic (exact) mass is 241 g/mol. The lowest BCUT2D eigenvalue weighted by Crippen LogP contribution is -2.24. The van der Waals surface area contributed by atoms with Crippen LogP contribution in [0.15, 0.2) is 12.1 Å². The molecule has 0 aromatic heterocycles. The lowest BCUT2D eigenvalue weighted by Gasteiger charge is -2.14. The van der Waals surface area contributed by atoms with E-state index < -0.39 is 0 Å². The maximum absolute atomic E-state index is 6.24. The van der Waals surface area contributed by atoms with Crippen LogP contribution >= 0.6 is 11.6 Å². The Morgan fingerprint density at radius 1 is 1.31 bits per heavy atom. The van der Waals surface area contributed by atoms with Gasteiger partial charge in [0.05, 0.1) is 19.2 Å². The summed E-state index contributed by atoms with van der Waals surface area (Å²) >= 11 is 6.24. The zero-order chi connectivity index (χ0) is 11.8. The minimum absolute atomic E-state index is 0.0684. The largest absolute Gasteiger partial charge is 0.497 e. The van der Waals surface area contributed by atoms with E-state index in [-0.39, 0.29) is 5.54 Å². The van der Waals surface area contributed by atoms with Crippen molar-refractivity contribution in [2.45, 2.75) is 24.8 Å². The van der Waals surface area contributed by atoms with Crippen molar-refractivity contribution in [3.63, 3.8) is 0 Å². The van der Waals surface area contributed by atoms with Crippen molar-refractivity contribution in [1.82, 2.24) is 0 Å². The summed E-state index contributed by atoms with van der Waals surface area (Å²) in [6.45, 7) is 0. The van der Waals surface area contributed by atoms with Gasteiger partial charge in [-0.25, -0.2) is 0 Å². The van der Waals surface area contributed by atoms with E-state index in [9.17, 15) is 0 Å². The summed E-state index contributed by atoms with van der Waals surface area (Å²) in [6, 6.07) is 3.71. The summed E-state index contributed by atoms with van der Waals surface area (Å²) < 4.78 is 10.4. The Morgan fingerprint density at radius 2 is 2.00 bits per heavy atom.